The second-order valence-electron chi connectivity index (χ2n) is 2.50. The Kier molecular flexibility index (Phi) is 9.27. The first-order valence-electron chi connectivity index (χ1n) is 3.40. The van der Waals surface area contributed by atoms with E-state index >= 15 is 0 Å². The smallest absolute Gasteiger partial charge is 0.744 e. The van der Waals surface area contributed by atoms with Gasteiger partial charge >= 0.3 is 59.1 Å². The maximum atomic E-state index is 10.6. The van der Waals surface area contributed by atoms with Crippen LogP contribution >= 0.6 is 23.2 Å². The Labute approximate surface area is 152 Å². The van der Waals surface area contributed by atoms with Crippen LogP contribution in [0.15, 0.2) is 17.0 Å². The second kappa shape index (κ2) is 7.69. The minimum Gasteiger partial charge on any atom is -0.744 e. The van der Waals surface area contributed by atoms with E-state index in [0.717, 1.165) is 6.07 Å². The van der Waals surface area contributed by atoms with Crippen LogP contribution < -0.4 is 64.2 Å². The molecular formula is C7H2Cl2Na2O5S. The molecule has 17 heavy (non-hydrogen) atoms. The average Bonchev–Trinajstić information content (AvgIpc) is 2.06. The average molecular weight is 315 g/mol. The molecule has 1 aromatic rings. The summed E-state index contributed by atoms with van der Waals surface area (Å²) in [6.45, 7) is 0. The summed E-state index contributed by atoms with van der Waals surface area (Å²) in [5.41, 5.74) is -0.478. The van der Waals surface area contributed by atoms with Gasteiger partial charge in [0.2, 0.25) is 0 Å². The van der Waals surface area contributed by atoms with E-state index in [-0.39, 0.29) is 59.1 Å². The molecule has 0 radical (unpaired) electrons. The van der Waals surface area contributed by atoms with Crippen LogP contribution in [-0.2, 0) is 10.1 Å². The van der Waals surface area contributed by atoms with Gasteiger partial charge in [-0.3, -0.25) is 0 Å². The van der Waals surface area contributed by atoms with E-state index in [1.807, 2.05) is 0 Å². The second-order valence-corrected chi connectivity index (χ2v) is 4.67. The van der Waals surface area contributed by atoms with Crippen molar-refractivity contribution < 1.29 is 82.0 Å². The van der Waals surface area contributed by atoms with Gasteiger partial charge in [-0.25, -0.2) is 8.42 Å². The van der Waals surface area contributed by atoms with Crippen LogP contribution in [-0.4, -0.2) is 18.9 Å². The molecule has 5 nitrogen and oxygen atoms in total. The molecule has 0 aliphatic rings. The van der Waals surface area contributed by atoms with Crippen molar-refractivity contribution in [2.24, 2.45) is 0 Å². The first-order chi connectivity index (χ1) is 6.73. The van der Waals surface area contributed by atoms with Crippen LogP contribution in [0.5, 0.6) is 0 Å². The molecule has 0 atom stereocenters. The molecule has 0 unspecified atom stereocenters. The van der Waals surface area contributed by atoms with Gasteiger partial charge in [0.15, 0.2) is 0 Å². The predicted octanol–water partition coefficient (Wildman–Crippen LogP) is -5.73. The van der Waals surface area contributed by atoms with Gasteiger partial charge in [0.1, 0.15) is 10.1 Å². The molecule has 0 N–H and O–H groups in total. The molecule has 0 aliphatic heterocycles. The number of carbonyl (C=O) groups is 1. The summed E-state index contributed by atoms with van der Waals surface area (Å²) in [6, 6.07) is 1.43. The van der Waals surface area contributed by atoms with E-state index in [2.05, 4.69) is 0 Å². The third-order valence-corrected chi connectivity index (χ3v) is 3.12. The molecule has 0 aliphatic carbocycles. The monoisotopic (exact) mass is 314 g/mol. The summed E-state index contributed by atoms with van der Waals surface area (Å²) in [6.07, 6.45) is 0. The van der Waals surface area contributed by atoms with Crippen LogP contribution in [0.4, 0.5) is 0 Å². The van der Waals surface area contributed by atoms with Crippen molar-refractivity contribution in [3.63, 3.8) is 0 Å². The van der Waals surface area contributed by atoms with Crippen LogP contribution in [0.1, 0.15) is 10.4 Å². The molecular weight excluding hydrogens is 313 g/mol. The van der Waals surface area contributed by atoms with Crippen molar-refractivity contribution in [2.45, 2.75) is 4.90 Å². The van der Waals surface area contributed by atoms with Gasteiger partial charge in [0.25, 0.3) is 0 Å². The summed E-state index contributed by atoms with van der Waals surface area (Å²) in [7, 11) is -4.78. The molecule has 0 spiro atoms. The quantitative estimate of drug-likeness (QED) is 0.400. The van der Waals surface area contributed by atoms with Crippen molar-refractivity contribution in [1.82, 2.24) is 0 Å². The number of rotatable bonds is 2. The topological polar surface area (TPSA) is 97.3 Å². The zero-order valence-electron chi connectivity index (χ0n) is 8.86. The normalized spacial score (nSPS) is 10.1. The maximum Gasteiger partial charge on any atom is 1.00 e. The van der Waals surface area contributed by atoms with Crippen molar-refractivity contribution in [2.75, 3.05) is 0 Å². The molecule has 82 valence electrons. The Bertz CT molecular complexity index is 531. The molecule has 0 saturated carbocycles. The molecule has 1 aromatic carbocycles. The molecule has 0 amide bonds. The number of hydrogen-bond donors (Lipinski definition) is 0. The Hall–Kier alpha value is 1.18. The van der Waals surface area contributed by atoms with Gasteiger partial charge in [0, 0.05) is 5.56 Å². The molecule has 0 fully saturated rings. The van der Waals surface area contributed by atoms with E-state index in [0.29, 0.717) is 6.07 Å². The molecule has 0 heterocycles. The fourth-order valence-corrected chi connectivity index (χ4v) is 2.19. The van der Waals surface area contributed by atoms with E-state index in [4.69, 9.17) is 23.2 Å². The molecule has 0 saturated heterocycles. The Morgan fingerprint density at radius 2 is 1.59 bits per heavy atom. The number of aromatic carboxylic acids is 1. The van der Waals surface area contributed by atoms with Crippen molar-refractivity contribution in [1.29, 1.82) is 0 Å². The van der Waals surface area contributed by atoms with E-state index in [9.17, 15) is 22.9 Å². The molecule has 10 heteroatoms. The van der Waals surface area contributed by atoms with E-state index in [1.54, 1.807) is 0 Å². The van der Waals surface area contributed by atoms with E-state index < -0.39 is 36.6 Å². The predicted molar refractivity (Wildman–Crippen MR) is 48.8 cm³/mol. The minimum absolute atomic E-state index is 0. The SMILES string of the molecule is O=C([O-])c1cc(Cl)c(S(=O)(=O)[O-])cc1Cl.[Na+].[Na+]. The Morgan fingerprint density at radius 3 is 1.94 bits per heavy atom. The third kappa shape index (κ3) is 5.36. The van der Waals surface area contributed by atoms with Gasteiger partial charge in [-0.05, 0) is 12.1 Å². The van der Waals surface area contributed by atoms with Gasteiger partial charge < -0.3 is 14.5 Å². The molecule has 0 bridgehead atoms. The number of carbonyl (C=O) groups excluding carboxylic acids is 1. The standard InChI is InChI=1S/C7H4Cl2O5S.2Na/c8-4-2-6(15(12,13)14)5(9)1-3(4)7(10)11;;/h1-2H,(H,10,11)(H,12,13,14);;/q;2*+1/p-2. The van der Waals surface area contributed by atoms with Crippen LogP contribution in [0.3, 0.4) is 0 Å². The van der Waals surface area contributed by atoms with Crippen molar-refractivity contribution >= 4 is 39.3 Å². The summed E-state index contributed by atoms with van der Waals surface area (Å²) >= 11 is 10.8. The summed E-state index contributed by atoms with van der Waals surface area (Å²) in [5.74, 6) is -1.61. The first-order valence-corrected chi connectivity index (χ1v) is 5.56. The van der Waals surface area contributed by atoms with Crippen LogP contribution in [0, 0.1) is 0 Å². The molecule has 1 rings (SSSR count). The fraction of sp³-hybridized carbons (Fsp3) is 0. The van der Waals surface area contributed by atoms with E-state index in [1.165, 1.54) is 0 Å². The zero-order chi connectivity index (χ0) is 11.8. The van der Waals surface area contributed by atoms with Gasteiger partial charge in [-0.15, -0.1) is 0 Å². The van der Waals surface area contributed by atoms with Crippen LogP contribution in [0.25, 0.3) is 0 Å². The summed E-state index contributed by atoms with van der Waals surface area (Å²) in [5, 5.41) is 9.52. The number of benzene rings is 1. The summed E-state index contributed by atoms with van der Waals surface area (Å²) in [4.78, 5) is 9.69. The van der Waals surface area contributed by atoms with Gasteiger partial charge in [-0.1, -0.05) is 23.2 Å². The van der Waals surface area contributed by atoms with Gasteiger partial charge in [0.05, 0.1) is 20.9 Å². The number of carboxylic acids is 1. The first kappa shape index (κ1) is 20.5. The summed E-state index contributed by atoms with van der Waals surface area (Å²) < 4.78 is 31.9. The Morgan fingerprint density at radius 1 is 1.12 bits per heavy atom. The Balaban J connectivity index is 0. The van der Waals surface area contributed by atoms with Crippen LogP contribution in [0.2, 0.25) is 10.0 Å². The number of hydrogen-bond acceptors (Lipinski definition) is 5. The van der Waals surface area contributed by atoms with Crippen molar-refractivity contribution in [3.05, 3.63) is 27.7 Å². The third-order valence-electron chi connectivity index (χ3n) is 1.51. The zero-order valence-corrected chi connectivity index (χ0v) is 15.2. The largest absolute Gasteiger partial charge is 1.00 e. The number of carboxylic acid groups (broad SMARTS) is 1. The van der Waals surface area contributed by atoms with Gasteiger partial charge in [-0.2, -0.15) is 0 Å². The maximum absolute atomic E-state index is 10.6. The van der Waals surface area contributed by atoms with Crippen molar-refractivity contribution in [3.8, 4) is 0 Å². The number of halogens is 2. The minimum atomic E-state index is -4.78. The molecule has 0 aromatic heterocycles. The fourth-order valence-electron chi connectivity index (χ4n) is 0.877.